The van der Waals surface area contributed by atoms with Gasteiger partial charge >= 0.3 is 6.16 Å². The Bertz CT molecular complexity index is 1580. The minimum Gasteiger partial charge on any atom is -0.437 e. The van der Waals surface area contributed by atoms with Gasteiger partial charge in [-0.15, -0.1) is 0 Å². The number of ether oxygens (including phenoxy) is 4. The maximum Gasteiger partial charge on any atom is 0.514 e. The zero-order valence-electron chi connectivity index (χ0n) is 21.1. The molecule has 0 spiro atoms. The Hall–Kier alpha value is -4.02. The molecule has 2 aromatic heterocycles. The lowest BCUT2D eigenvalue weighted by Gasteiger charge is -2.16. The standard InChI is InChI=1S/C27H25ClN4O6/c1-15-6-8-18(37-23-13-29-22-11-17(28)7-9-21(22)30-23)12-20(15)24-25(16(2)31-32(3)26(24)33)38-27(34)36-14-19-5-4-10-35-19/h6-9,11-13,19H,4-5,10,14H2,1-3H3. The van der Waals surface area contributed by atoms with Gasteiger partial charge < -0.3 is 18.9 Å². The highest BCUT2D eigenvalue weighted by Gasteiger charge is 2.24. The maximum absolute atomic E-state index is 13.3. The Balaban J connectivity index is 1.46. The number of hydrogen-bond acceptors (Lipinski definition) is 9. The molecule has 0 aliphatic carbocycles. The summed E-state index contributed by atoms with van der Waals surface area (Å²) in [5.74, 6) is 0.701. The molecule has 1 atom stereocenters. The van der Waals surface area contributed by atoms with Crippen molar-refractivity contribution in [2.24, 2.45) is 7.05 Å². The molecule has 0 saturated carbocycles. The molecule has 1 saturated heterocycles. The van der Waals surface area contributed by atoms with Crippen molar-refractivity contribution in [3.05, 3.63) is 69.2 Å². The van der Waals surface area contributed by atoms with Crippen LogP contribution in [0.3, 0.4) is 0 Å². The summed E-state index contributed by atoms with van der Waals surface area (Å²) in [7, 11) is 1.53. The molecule has 0 amide bonds. The van der Waals surface area contributed by atoms with E-state index in [1.807, 2.05) is 6.92 Å². The fourth-order valence-corrected chi connectivity index (χ4v) is 4.40. The third-order valence-electron chi connectivity index (χ3n) is 6.14. The average molecular weight is 537 g/mol. The molecule has 10 nitrogen and oxygen atoms in total. The number of carbonyl (C=O) groups excluding carboxylic acids is 1. The SMILES string of the molecule is Cc1ccc(Oc2cnc3cc(Cl)ccc3n2)cc1-c1c(OC(=O)OCC2CCCO2)c(C)nn(C)c1=O. The van der Waals surface area contributed by atoms with E-state index in [2.05, 4.69) is 15.1 Å². The molecule has 38 heavy (non-hydrogen) atoms. The highest BCUT2D eigenvalue weighted by molar-refractivity contribution is 6.31. The van der Waals surface area contributed by atoms with E-state index < -0.39 is 11.7 Å². The highest BCUT2D eigenvalue weighted by Crippen LogP contribution is 2.35. The summed E-state index contributed by atoms with van der Waals surface area (Å²) < 4.78 is 23.4. The van der Waals surface area contributed by atoms with Crippen LogP contribution in [-0.2, 0) is 16.5 Å². The summed E-state index contributed by atoms with van der Waals surface area (Å²) in [6, 6.07) is 10.4. The number of aryl methyl sites for hydroxylation is 3. The molecule has 0 N–H and O–H groups in total. The van der Waals surface area contributed by atoms with Gasteiger partial charge in [-0.1, -0.05) is 17.7 Å². The molecule has 1 aliphatic heterocycles. The molecule has 3 heterocycles. The van der Waals surface area contributed by atoms with Gasteiger partial charge in [0.15, 0.2) is 5.75 Å². The van der Waals surface area contributed by atoms with Gasteiger partial charge in [0.2, 0.25) is 5.88 Å². The van der Waals surface area contributed by atoms with Crippen LogP contribution < -0.4 is 15.0 Å². The lowest BCUT2D eigenvalue weighted by atomic mass is 10.00. The Morgan fingerprint density at radius 3 is 2.82 bits per heavy atom. The zero-order valence-corrected chi connectivity index (χ0v) is 21.8. The Kier molecular flexibility index (Phi) is 7.26. The second-order valence-electron chi connectivity index (χ2n) is 8.94. The fraction of sp³-hybridized carbons (Fsp3) is 0.296. The molecule has 2 aromatic carbocycles. The summed E-state index contributed by atoms with van der Waals surface area (Å²) in [5.41, 5.74) is 2.60. The van der Waals surface area contributed by atoms with E-state index in [-0.39, 0.29) is 29.9 Å². The van der Waals surface area contributed by atoms with Crippen LogP contribution in [0.15, 0.2) is 47.4 Å². The Morgan fingerprint density at radius 2 is 2.03 bits per heavy atom. The van der Waals surface area contributed by atoms with Crippen molar-refractivity contribution in [3.8, 4) is 28.5 Å². The Labute approximate surface area is 223 Å². The van der Waals surface area contributed by atoms with Crippen LogP contribution >= 0.6 is 11.6 Å². The molecule has 5 rings (SSSR count). The van der Waals surface area contributed by atoms with Crippen molar-refractivity contribution in [1.82, 2.24) is 19.7 Å². The molecule has 11 heteroatoms. The summed E-state index contributed by atoms with van der Waals surface area (Å²) in [6.07, 6.45) is 2.13. The molecule has 1 fully saturated rings. The molecule has 1 aliphatic rings. The quantitative estimate of drug-likeness (QED) is 0.308. The minimum atomic E-state index is -0.934. The van der Waals surface area contributed by atoms with E-state index in [1.165, 1.54) is 17.9 Å². The van der Waals surface area contributed by atoms with E-state index in [0.717, 1.165) is 18.4 Å². The highest BCUT2D eigenvalue weighted by atomic mass is 35.5. The number of rotatable bonds is 6. The van der Waals surface area contributed by atoms with Gasteiger partial charge in [0.1, 0.15) is 18.1 Å². The molecular weight excluding hydrogens is 512 g/mol. The summed E-state index contributed by atoms with van der Waals surface area (Å²) in [6.45, 7) is 4.21. The van der Waals surface area contributed by atoms with Gasteiger partial charge in [-0.25, -0.2) is 19.4 Å². The summed E-state index contributed by atoms with van der Waals surface area (Å²) in [4.78, 5) is 34.6. The van der Waals surface area contributed by atoms with E-state index in [9.17, 15) is 9.59 Å². The Morgan fingerprint density at radius 1 is 1.18 bits per heavy atom. The zero-order chi connectivity index (χ0) is 26.8. The number of fused-ring (bicyclic) bond motifs is 1. The van der Waals surface area contributed by atoms with Gasteiger partial charge in [0, 0.05) is 18.7 Å². The molecule has 0 bridgehead atoms. The van der Waals surface area contributed by atoms with E-state index in [1.54, 1.807) is 43.3 Å². The van der Waals surface area contributed by atoms with Crippen LogP contribution in [0, 0.1) is 13.8 Å². The number of hydrogen-bond donors (Lipinski definition) is 0. The lowest BCUT2D eigenvalue weighted by molar-refractivity contribution is 0.0272. The first-order valence-electron chi connectivity index (χ1n) is 12.0. The topological polar surface area (TPSA) is 115 Å². The average Bonchev–Trinajstić information content (AvgIpc) is 3.42. The molecule has 196 valence electrons. The van der Waals surface area contributed by atoms with Gasteiger partial charge in [0.05, 0.1) is 28.9 Å². The maximum atomic E-state index is 13.3. The van der Waals surface area contributed by atoms with Crippen molar-refractivity contribution < 1.29 is 23.7 Å². The van der Waals surface area contributed by atoms with Crippen molar-refractivity contribution in [3.63, 3.8) is 0 Å². The monoisotopic (exact) mass is 536 g/mol. The van der Waals surface area contributed by atoms with Crippen LogP contribution in [0.1, 0.15) is 24.1 Å². The fourth-order valence-electron chi connectivity index (χ4n) is 4.24. The summed E-state index contributed by atoms with van der Waals surface area (Å²) in [5, 5.41) is 4.75. The number of carbonyl (C=O) groups is 1. The molecule has 1 unspecified atom stereocenters. The van der Waals surface area contributed by atoms with Crippen molar-refractivity contribution in [1.29, 1.82) is 0 Å². The first kappa shape index (κ1) is 25.6. The molecular formula is C27H25ClN4O6. The van der Waals surface area contributed by atoms with E-state index in [4.69, 9.17) is 30.5 Å². The number of nitrogens with zero attached hydrogens (tertiary/aromatic N) is 4. The first-order valence-corrected chi connectivity index (χ1v) is 12.4. The third-order valence-corrected chi connectivity index (χ3v) is 6.38. The second-order valence-corrected chi connectivity index (χ2v) is 9.37. The predicted octanol–water partition coefficient (Wildman–Crippen LogP) is 5.15. The van der Waals surface area contributed by atoms with Crippen LogP contribution in [0.25, 0.3) is 22.2 Å². The van der Waals surface area contributed by atoms with Crippen molar-refractivity contribution in [2.75, 3.05) is 13.2 Å². The van der Waals surface area contributed by atoms with Gasteiger partial charge in [-0.3, -0.25) is 4.79 Å². The first-order chi connectivity index (χ1) is 18.3. The van der Waals surface area contributed by atoms with Gasteiger partial charge in [0.25, 0.3) is 5.56 Å². The van der Waals surface area contributed by atoms with Crippen LogP contribution in [-0.4, -0.2) is 45.2 Å². The van der Waals surface area contributed by atoms with Crippen molar-refractivity contribution in [2.45, 2.75) is 32.8 Å². The largest absolute Gasteiger partial charge is 0.514 e. The number of aromatic nitrogens is 4. The van der Waals surface area contributed by atoms with Gasteiger partial charge in [-0.05, 0) is 68.1 Å². The lowest BCUT2D eigenvalue weighted by Crippen LogP contribution is -2.26. The van der Waals surface area contributed by atoms with E-state index >= 15 is 0 Å². The molecule has 4 aromatic rings. The van der Waals surface area contributed by atoms with Crippen LogP contribution in [0.2, 0.25) is 5.02 Å². The summed E-state index contributed by atoms with van der Waals surface area (Å²) >= 11 is 6.03. The third kappa shape index (κ3) is 5.46. The normalized spacial score (nSPS) is 15.0. The van der Waals surface area contributed by atoms with Crippen LogP contribution in [0.5, 0.6) is 17.4 Å². The smallest absolute Gasteiger partial charge is 0.437 e. The van der Waals surface area contributed by atoms with Crippen molar-refractivity contribution >= 4 is 28.8 Å². The minimum absolute atomic E-state index is 0.0214. The van der Waals surface area contributed by atoms with E-state index in [0.29, 0.717) is 39.7 Å². The molecule has 0 radical (unpaired) electrons. The van der Waals surface area contributed by atoms with Crippen LogP contribution in [0.4, 0.5) is 4.79 Å². The second kappa shape index (κ2) is 10.8. The number of halogens is 1. The number of benzene rings is 2. The van der Waals surface area contributed by atoms with Gasteiger partial charge in [-0.2, -0.15) is 5.10 Å². The predicted molar refractivity (Wildman–Crippen MR) is 140 cm³/mol.